The topological polar surface area (TPSA) is 33.0 Å². The second-order valence-corrected chi connectivity index (χ2v) is 5.05. The van der Waals surface area contributed by atoms with E-state index in [9.17, 15) is 0 Å². The van der Waals surface area contributed by atoms with E-state index in [0.717, 1.165) is 12.2 Å². The van der Waals surface area contributed by atoms with Crippen molar-refractivity contribution in [2.45, 2.75) is 51.4 Å². The zero-order valence-electron chi connectivity index (χ0n) is 11.1. The number of aryl methyl sites for hydroxylation is 1. The van der Waals surface area contributed by atoms with E-state index >= 15 is 0 Å². The maximum atomic E-state index is 8.64. The highest BCUT2D eigenvalue weighted by molar-refractivity contribution is 5.42. The number of hydrogen-bond acceptors (Lipinski definition) is 2. The lowest BCUT2D eigenvalue weighted by atomic mass is 10.0. The molecule has 1 aliphatic carbocycles. The monoisotopic (exact) mass is 243 g/mol. The van der Waals surface area contributed by atoms with Crippen molar-refractivity contribution in [2.75, 3.05) is 6.61 Å². The molecule has 1 fully saturated rings. The molecule has 18 heavy (non-hydrogen) atoms. The van der Waals surface area contributed by atoms with Crippen LogP contribution in [0.25, 0.3) is 0 Å². The van der Waals surface area contributed by atoms with E-state index in [1.165, 1.54) is 43.2 Å². The third-order valence-corrected chi connectivity index (χ3v) is 3.46. The summed E-state index contributed by atoms with van der Waals surface area (Å²) in [6.45, 7) is 2.37. The van der Waals surface area contributed by atoms with E-state index in [1.807, 2.05) is 0 Å². The van der Waals surface area contributed by atoms with Gasteiger partial charge in [-0.2, -0.15) is 5.26 Å². The molecule has 96 valence electrons. The van der Waals surface area contributed by atoms with Gasteiger partial charge in [0.15, 0.2) is 6.61 Å². The highest BCUT2D eigenvalue weighted by Gasteiger charge is 2.26. The van der Waals surface area contributed by atoms with Crippen LogP contribution in [0.15, 0.2) is 18.2 Å². The molecule has 0 spiro atoms. The molecule has 0 radical (unpaired) electrons. The Hall–Kier alpha value is -1.49. The van der Waals surface area contributed by atoms with E-state index < -0.39 is 0 Å². The highest BCUT2D eigenvalue weighted by Crippen LogP contribution is 2.44. The molecule has 0 heterocycles. The fraction of sp³-hybridized carbons (Fsp3) is 0.562. The summed E-state index contributed by atoms with van der Waals surface area (Å²) in [6, 6.07) is 8.62. The molecule has 0 unspecified atom stereocenters. The Morgan fingerprint density at radius 1 is 1.33 bits per heavy atom. The summed E-state index contributed by atoms with van der Waals surface area (Å²) in [5.41, 5.74) is 2.63. The maximum Gasteiger partial charge on any atom is 0.174 e. The normalized spacial score (nSPS) is 14.2. The molecule has 2 heteroatoms. The first-order chi connectivity index (χ1) is 8.85. The summed E-state index contributed by atoms with van der Waals surface area (Å²) < 4.78 is 5.57. The Morgan fingerprint density at radius 3 is 2.83 bits per heavy atom. The van der Waals surface area contributed by atoms with Crippen molar-refractivity contribution in [1.82, 2.24) is 0 Å². The van der Waals surface area contributed by atoms with Gasteiger partial charge >= 0.3 is 0 Å². The maximum absolute atomic E-state index is 8.64. The van der Waals surface area contributed by atoms with Crippen molar-refractivity contribution in [3.8, 4) is 11.8 Å². The van der Waals surface area contributed by atoms with Gasteiger partial charge in [0.25, 0.3) is 0 Å². The van der Waals surface area contributed by atoms with Gasteiger partial charge in [-0.1, -0.05) is 31.9 Å². The van der Waals surface area contributed by atoms with Gasteiger partial charge in [-0.3, -0.25) is 0 Å². The predicted molar refractivity (Wildman–Crippen MR) is 72.8 cm³/mol. The van der Waals surface area contributed by atoms with Crippen LogP contribution in [-0.2, 0) is 6.42 Å². The number of unbranched alkanes of at least 4 members (excludes halogenated alkanes) is 2. The van der Waals surface area contributed by atoms with Gasteiger partial charge in [0.1, 0.15) is 11.8 Å². The molecule has 1 aliphatic rings. The first-order valence-corrected chi connectivity index (χ1v) is 6.97. The summed E-state index contributed by atoms with van der Waals surface area (Å²) >= 11 is 0. The second-order valence-electron chi connectivity index (χ2n) is 5.05. The fourth-order valence-electron chi connectivity index (χ4n) is 2.28. The van der Waals surface area contributed by atoms with Crippen molar-refractivity contribution in [1.29, 1.82) is 5.26 Å². The first-order valence-electron chi connectivity index (χ1n) is 6.97. The SMILES string of the molecule is CCCCCc1ccc(C2CC2)c(OCC#N)c1. The van der Waals surface area contributed by atoms with Crippen LogP contribution in [-0.4, -0.2) is 6.61 Å². The molecule has 0 atom stereocenters. The van der Waals surface area contributed by atoms with Crippen molar-refractivity contribution in [3.05, 3.63) is 29.3 Å². The minimum absolute atomic E-state index is 0.151. The van der Waals surface area contributed by atoms with Crippen LogP contribution in [0.1, 0.15) is 56.1 Å². The summed E-state index contributed by atoms with van der Waals surface area (Å²) in [7, 11) is 0. The van der Waals surface area contributed by atoms with Crippen molar-refractivity contribution in [2.24, 2.45) is 0 Å². The smallest absolute Gasteiger partial charge is 0.174 e. The lowest BCUT2D eigenvalue weighted by molar-refractivity contribution is 0.363. The Labute approximate surface area is 110 Å². The van der Waals surface area contributed by atoms with Gasteiger partial charge in [-0.25, -0.2) is 0 Å². The van der Waals surface area contributed by atoms with E-state index in [4.69, 9.17) is 10.00 Å². The molecule has 1 aromatic carbocycles. The van der Waals surface area contributed by atoms with Gasteiger partial charge in [0.05, 0.1) is 0 Å². The van der Waals surface area contributed by atoms with Crippen LogP contribution < -0.4 is 4.74 Å². The van der Waals surface area contributed by atoms with Gasteiger partial charge < -0.3 is 4.74 Å². The van der Waals surface area contributed by atoms with Crippen molar-refractivity contribution < 1.29 is 4.74 Å². The lowest BCUT2D eigenvalue weighted by Gasteiger charge is -2.11. The predicted octanol–water partition coefficient (Wildman–Crippen LogP) is 4.20. The molecule has 0 bridgehead atoms. The Bertz CT molecular complexity index is 429. The first kappa shape index (κ1) is 13.0. The molecule has 0 amide bonds. The zero-order valence-corrected chi connectivity index (χ0v) is 11.1. The van der Waals surface area contributed by atoms with Crippen LogP contribution in [0, 0.1) is 11.3 Å². The van der Waals surface area contributed by atoms with Crippen LogP contribution in [0.5, 0.6) is 5.75 Å². The summed E-state index contributed by atoms with van der Waals surface area (Å²) in [5.74, 6) is 1.61. The van der Waals surface area contributed by atoms with Crippen LogP contribution in [0.2, 0.25) is 0 Å². The summed E-state index contributed by atoms with van der Waals surface area (Å²) in [5, 5.41) is 8.64. The third-order valence-electron chi connectivity index (χ3n) is 3.46. The van der Waals surface area contributed by atoms with Crippen molar-refractivity contribution in [3.63, 3.8) is 0 Å². The molecular formula is C16H21NO. The molecule has 2 rings (SSSR count). The second kappa shape index (κ2) is 6.44. The van der Waals surface area contributed by atoms with Gasteiger partial charge in [-0.15, -0.1) is 0 Å². The van der Waals surface area contributed by atoms with Gasteiger partial charge in [0, 0.05) is 0 Å². The number of ether oxygens (including phenoxy) is 1. The lowest BCUT2D eigenvalue weighted by Crippen LogP contribution is -1.98. The van der Waals surface area contributed by atoms with Gasteiger partial charge in [0.2, 0.25) is 0 Å². The third kappa shape index (κ3) is 3.50. The Kier molecular flexibility index (Phi) is 4.64. The van der Waals surface area contributed by atoms with Crippen LogP contribution in [0.3, 0.4) is 0 Å². The van der Waals surface area contributed by atoms with E-state index in [2.05, 4.69) is 31.2 Å². The molecule has 2 nitrogen and oxygen atoms in total. The average Bonchev–Trinajstić information content (AvgIpc) is 3.21. The molecule has 1 saturated carbocycles. The molecule has 1 aromatic rings. The largest absolute Gasteiger partial charge is 0.478 e. The van der Waals surface area contributed by atoms with E-state index in [0.29, 0.717) is 5.92 Å². The minimum Gasteiger partial charge on any atom is -0.478 e. The minimum atomic E-state index is 0.151. The fourth-order valence-corrected chi connectivity index (χ4v) is 2.28. The Morgan fingerprint density at radius 2 is 2.17 bits per heavy atom. The van der Waals surface area contributed by atoms with Crippen LogP contribution >= 0.6 is 0 Å². The Balaban J connectivity index is 2.06. The number of rotatable bonds is 7. The van der Waals surface area contributed by atoms with Crippen LogP contribution in [0.4, 0.5) is 0 Å². The quantitative estimate of drug-likeness (QED) is 0.672. The molecular weight excluding hydrogens is 222 g/mol. The van der Waals surface area contributed by atoms with Crippen molar-refractivity contribution >= 4 is 0 Å². The zero-order chi connectivity index (χ0) is 12.8. The number of benzene rings is 1. The summed E-state index contributed by atoms with van der Waals surface area (Å²) in [4.78, 5) is 0. The van der Waals surface area contributed by atoms with E-state index in [1.54, 1.807) is 0 Å². The number of hydrogen-bond donors (Lipinski definition) is 0. The standard InChI is InChI=1S/C16H21NO/c1-2-3-4-5-13-6-9-15(14-7-8-14)16(12-13)18-11-10-17/h6,9,12,14H,2-5,7-8,11H2,1H3. The molecule has 0 aliphatic heterocycles. The highest BCUT2D eigenvalue weighted by atomic mass is 16.5. The molecule has 0 saturated heterocycles. The molecule has 0 N–H and O–H groups in total. The van der Waals surface area contributed by atoms with Gasteiger partial charge in [-0.05, 0) is 48.8 Å². The summed E-state index contributed by atoms with van der Waals surface area (Å²) in [6.07, 6.45) is 7.39. The number of nitriles is 1. The van der Waals surface area contributed by atoms with E-state index in [-0.39, 0.29) is 6.61 Å². The average molecular weight is 243 g/mol. The molecule has 0 aromatic heterocycles. The number of nitrogens with zero attached hydrogens (tertiary/aromatic N) is 1.